The molecule has 0 radical (unpaired) electrons. The van der Waals surface area contributed by atoms with Crippen molar-refractivity contribution in [3.8, 4) is 11.1 Å². The van der Waals surface area contributed by atoms with Gasteiger partial charge in [0.25, 0.3) is 5.91 Å². The zero-order chi connectivity index (χ0) is 18.6. The summed E-state index contributed by atoms with van der Waals surface area (Å²) in [6.07, 6.45) is 3.91. The fraction of sp³-hybridized carbons (Fsp3) is 0.350. The maximum absolute atomic E-state index is 12.7. The molecule has 1 fully saturated rings. The minimum atomic E-state index is -1.10. The van der Waals surface area contributed by atoms with E-state index in [-0.39, 0.29) is 18.4 Å². The summed E-state index contributed by atoms with van der Waals surface area (Å²) in [6, 6.07) is 11.8. The Labute approximate surface area is 153 Å². The normalized spacial score (nSPS) is 19.8. The van der Waals surface area contributed by atoms with Crippen LogP contribution in [0.1, 0.15) is 12.5 Å². The van der Waals surface area contributed by atoms with Crippen molar-refractivity contribution in [1.82, 2.24) is 15.2 Å². The van der Waals surface area contributed by atoms with E-state index in [1.165, 1.54) is 6.92 Å². The van der Waals surface area contributed by atoms with Crippen LogP contribution in [0.5, 0.6) is 0 Å². The number of nitrogens with one attached hydrogen (secondary N) is 1. The molecule has 26 heavy (non-hydrogen) atoms. The van der Waals surface area contributed by atoms with Gasteiger partial charge < -0.3 is 15.0 Å². The molecule has 1 saturated heterocycles. The highest BCUT2D eigenvalue weighted by molar-refractivity contribution is 5.87. The topological polar surface area (TPSA) is 71.5 Å². The van der Waals surface area contributed by atoms with Crippen molar-refractivity contribution in [3.05, 3.63) is 54.4 Å². The van der Waals surface area contributed by atoms with Gasteiger partial charge in [0, 0.05) is 44.9 Å². The van der Waals surface area contributed by atoms with E-state index in [0.29, 0.717) is 19.6 Å². The van der Waals surface area contributed by atoms with Gasteiger partial charge in [-0.3, -0.25) is 14.6 Å². The summed E-state index contributed by atoms with van der Waals surface area (Å²) >= 11 is 0. The SMILES string of the molecule is CNC(=O)[C@@]1(Cc2ccccc2-c2cccnc2)CN(C(C)=O)CCO1. The zero-order valence-corrected chi connectivity index (χ0v) is 15.1. The second kappa shape index (κ2) is 7.66. The number of carbonyl (C=O) groups excluding carboxylic acids is 2. The average Bonchev–Trinajstić information content (AvgIpc) is 2.68. The molecule has 6 nitrogen and oxygen atoms in total. The highest BCUT2D eigenvalue weighted by atomic mass is 16.5. The van der Waals surface area contributed by atoms with E-state index in [4.69, 9.17) is 4.74 Å². The minimum Gasteiger partial charge on any atom is -0.361 e. The maximum atomic E-state index is 12.7. The monoisotopic (exact) mass is 353 g/mol. The van der Waals surface area contributed by atoms with Gasteiger partial charge in [0.05, 0.1) is 13.2 Å². The van der Waals surface area contributed by atoms with Crippen LogP contribution >= 0.6 is 0 Å². The van der Waals surface area contributed by atoms with Crippen molar-refractivity contribution in [2.75, 3.05) is 26.7 Å². The lowest BCUT2D eigenvalue weighted by Gasteiger charge is -2.41. The van der Waals surface area contributed by atoms with Crippen molar-refractivity contribution in [2.45, 2.75) is 18.9 Å². The van der Waals surface area contributed by atoms with Crippen LogP contribution in [-0.2, 0) is 20.7 Å². The Morgan fingerprint density at radius 2 is 2.08 bits per heavy atom. The lowest BCUT2D eigenvalue weighted by Crippen LogP contribution is -2.61. The fourth-order valence-corrected chi connectivity index (χ4v) is 3.39. The predicted molar refractivity (Wildman–Crippen MR) is 98.4 cm³/mol. The molecule has 1 atom stereocenters. The molecule has 1 N–H and O–H groups in total. The predicted octanol–water partition coefficient (Wildman–Crippen LogP) is 1.65. The number of ether oxygens (including phenoxy) is 1. The van der Waals surface area contributed by atoms with Crippen LogP contribution in [0.3, 0.4) is 0 Å². The number of benzene rings is 1. The molecule has 1 aromatic heterocycles. The quantitative estimate of drug-likeness (QED) is 0.907. The second-order valence-corrected chi connectivity index (χ2v) is 6.44. The summed E-state index contributed by atoms with van der Waals surface area (Å²) in [5.41, 5.74) is 1.87. The van der Waals surface area contributed by atoms with Gasteiger partial charge in [-0.15, -0.1) is 0 Å². The smallest absolute Gasteiger partial charge is 0.254 e. The third-order valence-corrected chi connectivity index (χ3v) is 4.74. The third-order valence-electron chi connectivity index (χ3n) is 4.74. The van der Waals surface area contributed by atoms with Gasteiger partial charge in [0.2, 0.25) is 5.91 Å². The number of pyridine rings is 1. The second-order valence-electron chi connectivity index (χ2n) is 6.44. The van der Waals surface area contributed by atoms with Crippen LogP contribution in [0.15, 0.2) is 48.8 Å². The third kappa shape index (κ3) is 3.60. The number of likely N-dealkylation sites (N-methyl/N-ethyl adjacent to an activating group) is 1. The van der Waals surface area contributed by atoms with Gasteiger partial charge in [-0.05, 0) is 17.2 Å². The van der Waals surface area contributed by atoms with Crippen LogP contribution < -0.4 is 5.32 Å². The molecular weight excluding hydrogens is 330 g/mol. The molecule has 2 amide bonds. The molecule has 0 spiro atoms. The molecule has 2 aromatic rings. The maximum Gasteiger partial charge on any atom is 0.254 e. The Morgan fingerprint density at radius 3 is 2.77 bits per heavy atom. The Balaban J connectivity index is 1.99. The van der Waals surface area contributed by atoms with E-state index in [1.54, 1.807) is 24.3 Å². The van der Waals surface area contributed by atoms with E-state index in [1.807, 2.05) is 36.4 Å². The van der Waals surface area contributed by atoms with Gasteiger partial charge in [0.1, 0.15) is 0 Å². The van der Waals surface area contributed by atoms with Gasteiger partial charge in [-0.2, -0.15) is 0 Å². The number of hydrogen-bond donors (Lipinski definition) is 1. The average molecular weight is 353 g/mol. The van der Waals surface area contributed by atoms with Crippen LogP contribution in [0.4, 0.5) is 0 Å². The minimum absolute atomic E-state index is 0.0536. The summed E-state index contributed by atoms with van der Waals surface area (Å²) in [4.78, 5) is 30.5. The first-order chi connectivity index (χ1) is 12.6. The summed E-state index contributed by atoms with van der Waals surface area (Å²) < 4.78 is 5.97. The molecule has 0 bridgehead atoms. The molecule has 1 aromatic carbocycles. The lowest BCUT2D eigenvalue weighted by molar-refractivity contribution is -0.164. The van der Waals surface area contributed by atoms with Gasteiger partial charge in [0.15, 0.2) is 5.60 Å². The van der Waals surface area contributed by atoms with Crippen LogP contribution in [0, 0.1) is 0 Å². The summed E-state index contributed by atoms with van der Waals surface area (Å²) in [5, 5.41) is 2.70. The van der Waals surface area contributed by atoms with Crippen molar-refractivity contribution < 1.29 is 14.3 Å². The first kappa shape index (κ1) is 18.1. The molecule has 0 saturated carbocycles. The number of nitrogens with zero attached hydrogens (tertiary/aromatic N) is 2. The first-order valence-corrected chi connectivity index (χ1v) is 8.66. The van der Waals surface area contributed by atoms with E-state index in [2.05, 4.69) is 10.3 Å². The summed E-state index contributed by atoms with van der Waals surface area (Å²) in [7, 11) is 1.59. The fourth-order valence-electron chi connectivity index (χ4n) is 3.39. The highest BCUT2D eigenvalue weighted by Crippen LogP contribution is 2.30. The van der Waals surface area contributed by atoms with E-state index >= 15 is 0 Å². The van der Waals surface area contributed by atoms with E-state index in [0.717, 1.165) is 16.7 Å². The van der Waals surface area contributed by atoms with E-state index in [9.17, 15) is 9.59 Å². The number of morpholine rings is 1. The zero-order valence-electron chi connectivity index (χ0n) is 15.1. The Hall–Kier alpha value is -2.73. The number of carbonyl (C=O) groups is 2. The van der Waals surface area contributed by atoms with Crippen LogP contribution in [0.2, 0.25) is 0 Å². The molecule has 2 heterocycles. The van der Waals surface area contributed by atoms with Crippen molar-refractivity contribution in [3.63, 3.8) is 0 Å². The Morgan fingerprint density at radius 1 is 1.27 bits per heavy atom. The number of rotatable bonds is 4. The Bertz CT molecular complexity index is 794. The van der Waals surface area contributed by atoms with Gasteiger partial charge in [-0.25, -0.2) is 0 Å². The molecule has 0 aliphatic carbocycles. The van der Waals surface area contributed by atoms with Crippen LogP contribution in [-0.4, -0.2) is 54.0 Å². The van der Waals surface area contributed by atoms with Crippen molar-refractivity contribution in [2.24, 2.45) is 0 Å². The molecular formula is C20H23N3O3. The number of amides is 2. The van der Waals surface area contributed by atoms with Crippen LogP contribution in [0.25, 0.3) is 11.1 Å². The molecule has 3 rings (SSSR count). The summed E-state index contributed by atoms with van der Waals surface area (Å²) in [6.45, 7) is 2.59. The number of hydrogen-bond acceptors (Lipinski definition) is 4. The van der Waals surface area contributed by atoms with Crippen molar-refractivity contribution in [1.29, 1.82) is 0 Å². The largest absolute Gasteiger partial charge is 0.361 e. The first-order valence-electron chi connectivity index (χ1n) is 8.66. The summed E-state index contributed by atoms with van der Waals surface area (Å²) in [5.74, 6) is -0.272. The van der Waals surface area contributed by atoms with Gasteiger partial charge >= 0.3 is 0 Å². The molecule has 1 aliphatic heterocycles. The Kier molecular flexibility index (Phi) is 5.32. The standard InChI is InChI=1S/C20H23N3O3/c1-15(24)23-10-11-26-20(14-23,19(25)21-2)12-16-6-3-4-8-18(16)17-7-5-9-22-13-17/h3-9,13H,10-12,14H2,1-2H3,(H,21,25)/t20-/m1/s1. The highest BCUT2D eigenvalue weighted by Gasteiger charge is 2.44. The van der Waals surface area contributed by atoms with Crippen molar-refractivity contribution >= 4 is 11.8 Å². The van der Waals surface area contributed by atoms with E-state index < -0.39 is 5.60 Å². The molecule has 136 valence electrons. The molecule has 6 heteroatoms. The number of aromatic nitrogens is 1. The lowest BCUT2D eigenvalue weighted by atomic mass is 9.87. The van der Waals surface area contributed by atoms with Gasteiger partial charge in [-0.1, -0.05) is 30.3 Å². The molecule has 0 unspecified atom stereocenters. The molecule has 1 aliphatic rings.